The monoisotopic (exact) mass is 540 g/mol. The van der Waals surface area contributed by atoms with Gasteiger partial charge in [0.1, 0.15) is 6.04 Å². The molecule has 34 heavy (non-hydrogen) atoms. The Labute approximate surface area is 215 Å². The first-order valence-corrected chi connectivity index (χ1v) is 12.7. The van der Waals surface area contributed by atoms with E-state index >= 15 is 0 Å². The molecule has 3 rings (SSSR count). The van der Waals surface area contributed by atoms with Crippen LogP contribution in [0, 0.1) is 0 Å². The van der Waals surface area contributed by atoms with Crippen LogP contribution >= 0.6 is 27.5 Å². The van der Waals surface area contributed by atoms with Gasteiger partial charge in [0.2, 0.25) is 11.8 Å². The quantitative estimate of drug-likeness (QED) is 0.294. The number of carbonyl (C=O) groups is 2. The summed E-state index contributed by atoms with van der Waals surface area (Å²) >= 11 is 9.62. The van der Waals surface area contributed by atoms with E-state index in [1.165, 1.54) is 0 Å². The number of unbranched alkanes of at least 4 members (excludes halogenated alkanes) is 1. The van der Waals surface area contributed by atoms with Gasteiger partial charge in [-0.25, -0.2) is 0 Å². The molecule has 0 bridgehead atoms. The fourth-order valence-electron chi connectivity index (χ4n) is 3.77. The van der Waals surface area contributed by atoms with Gasteiger partial charge in [-0.15, -0.1) is 0 Å². The molecule has 178 valence electrons. The van der Waals surface area contributed by atoms with Crippen LogP contribution in [0.15, 0.2) is 83.3 Å². The van der Waals surface area contributed by atoms with Crippen LogP contribution in [-0.2, 0) is 29.0 Å². The Hall–Kier alpha value is -2.63. The van der Waals surface area contributed by atoms with Gasteiger partial charge < -0.3 is 10.2 Å². The van der Waals surface area contributed by atoms with Crippen LogP contribution in [0.1, 0.15) is 36.5 Å². The second kappa shape index (κ2) is 13.3. The average molecular weight is 542 g/mol. The van der Waals surface area contributed by atoms with Crippen LogP contribution in [0.3, 0.4) is 0 Å². The Bertz CT molecular complexity index is 1070. The molecule has 0 saturated heterocycles. The molecule has 1 N–H and O–H groups in total. The van der Waals surface area contributed by atoms with Crippen molar-refractivity contribution in [1.29, 1.82) is 0 Å². The van der Waals surface area contributed by atoms with Crippen molar-refractivity contribution >= 4 is 39.3 Å². The van der Waals surface area contributed by atoms with Crippen molar-refractivity contribution in [2.45, 2.75) is 45.2 Å². The third-order valence-corrected chi connectivity index (χ3v) is 6.37. The van der Waals surface area contributed by atoms with Gasteiger partial charge in [0.05, 0.1) is 6.42 Å². The number of halogens is 2. The lowest BCUT2D eigenvalue weighted by Gasteiger charge is -2.32. The third-order valence-electron chi connectivity index (χ3n) is 5.61. The molecule has 1 atom stereocenters. The highest BCUT2D eigenvalue weighted by molar-refractivity contribution is 9.10. The summed E-state index contributed by atoms with van der Waals surface area (Å²) in [5.74, 6) is -0.245. The van der Waals surface area contributed by atoms with E-state index in [4.69, 9.17) is 11.6 Å². The molecule has 4 nitrogen and oxygen atoms in total. The van der Waals surface area contributed by atoms with Gasteiger partial charge in [-0.05, 0) is 47.4 Å². The van der Waals surface area contributed by atoms with Crippen molar-refractivity contribution in [3.63, 3.8) is 0 Å². The minimum Gasteiger partial charge on any atom is -0.354 e. The molecule has 6 heteroatoms. The summed E-state index contributed by atoms with van der Waals surface area (Å²) in [6, 6.07) is 24.3. The van der Waals surface area contributed by atoms with Crippen LogP contribution in [0.25, 0.3) is 0 Å². The van der Waals surface area contributed by atoms with Crippen LogP contribution in [0.5, 0.6) is 0 Å². The number of nitrogens with one attached hydrogen (secondary N) is 1. The lowest BCUT2D eigenvalue weighted by atomic mass is 10.0. The van der Waals surface area contributed by atoms with E-state index in [9.17, 15) is 9.59 Å². The Kier molecular flexibility index (Phi) is 10.2. The minimum absolute atomic E-state index is 0.114. The minimum atomic E-state index is -0.630. The zero-order valence-electron chi connectivity index (χ0n) is 19.3. The Morgan fingerprint density at radius 3 is 2.32 bits per heavy atom. The van der Waals surface area contributed by atoms with Crippen LogP contribution in [0.4, 0.5) is 0 Å². The van der Waals surface area contributed by atoms with Crippen molar-refractivity contribution in [2.24, 2.45) is 0 Å². The summed E-state index contributed by atoms with van der Waals surface area (Å²) in [6.07, 6.45) is 2.49. The molecule has 0 saturated carbocycles. The molecule has 3 aromatic rings. The lowest BCUT2D eigenvalue weighted by molar-refractivity contribution is -0.140. The van der Waals surface area contributed by atoms with Crippen molar-refractivity contribution in [1.82, 2.24) is 10.2 Å². The normalized spacial score (nSPS) is 11.6. The van der Waals surface area contributed by atoms with Gasteiger partial charge >= 0.3 is 0 Å². The number of hydrogen-bond donors (Lipinski definition) is 1. The number of benzene rings is 3. The van der Waals surface area contributed by atoms with Crippen LogP contribution < -0.4 is 5.32 Å². The topological polar surface area (TPSA) is 49.4 Å². The number of carbonyl (C=O) groups excluding carboxylic acids is 2. The zero-order valence-corrected chi connectivity index (χ0v) is 21.7. The van der Waals surface area contributed by atoms with Crippen molar-refractivity contribution in [3.05, 3.63) is 105 Å². The van der Waals surface area contributed by atoms with Gasteiger partial charge in [0.15, 0.2) is 0 Å². The molecule has 3 aromatic carbocycles. The first kappa shape index (κ1) is 26.0. The van der Waals surface area contributed by atoms with Crippen molar-refractivity contribution < 1.29 is 9.59 Å². The Morgan fingerprint density at radius 1 is 0.941 bits per heavy atom. The molecular formula is C28H30BrClN2O2. The maximum atomic E-state index is 13.7. The maximum absolute atomic E-state index is 13.7. The number of nitrogens with zero attached hydrogens (tertiary/aromatic N) is 1. The second-order valence-corrected chi connectivity index (χ2v) is 9.66. The van der Waals surface area contributed by atoms with Crippen LogP contribution in [0.2, 0.25) is 5.02 Å². The molecule has 0 aromatic heterocycles. The highest BCUT2D eigenvalue weighted by Crippen LogP contribution is 2.19. The average Bonchev–Trinajstić information content (AvgIpc) is 2.83. The summed E-state index contributed by atoms with van der Waals surface area (Å²) in [7, 11) is 0. The fourth-order valence-corrected chi connectivity index (χ4v) is 4.25. The van der Waals surface area contributed by atoms with E-state index in [1.54, 1.807) is 17.0 Å². The summed E-state index contributed by atoms with van der Waals surface area (Å²) < 4.78 is 0.964. The lowest BCUT2D eigenvalue weighted by Crippen LogP contribution is -2.51. The molecule has 2 amide bonds. The van der Waals surface area contributed by atoms with Crippen LogP contribution in [-0.4, -0.2) is 29.3 Å². The summed E-state index contributed by atoms with van der Waals surface area (Å²) in [5.41, 5.74) is 2.79. The van der Waals surface area contributed by atoms with Crippen molar-refractivity contribution in [2.75, 3.05) is 6.54 Å². The predicted molar refractivity (Wildman–Crippen MR) is 142 cm³/mol. The van der Waals surface area contributed by atoms with Gasteiger partial charge in [0, 0.05) is 29.0 Å². The zero-order chi connectivity index (χ0) is 24.3. The van der Waals surface area contributed by atoms with Gasteiger partial charge in [-0.2, -0.15) is 0 Å². The van der Waals surface area contributed by atoms with Gasteiger partial charge in [-0.1, -0.05) is 95.5 Å². The molecule has 0 aliphatic heterocycles. The second-order valence-electron chi connectivity index (χ2n) is 8.30. The molecule has 0 fully saturated rings. The van der Waals surface area contributed by atoms with Gasteiger partial charge in [0.25, 0.3) is 0 Å². The Balaban J connectivity index is 1.93. The summed E-state index contributed by atoms with van der Waals surface area (Å²) in [6.45, 7) is 3.02. The van der Waals surface area contributed by atoms with Gasteiger partial charge in [-0.3, -0.25) is 9.59 Å². The summed E-state index contributed by atoms with van der Waals surface area (Å²) in [5, 5.41) is 3.63. The predicted octanol–water partition coefficient (Wildman–Crippen LogP) is 6.20. The van der Waals surface area contributed by atoms with E-state index in [0.717, 1.165) is 34.0 Å². The SMILES string of the molecule is CCCCNC(=O)[C@@H](Cc1ccccc1)N(Cc1ccc(Br)cc1)C(=O)Cc1cccc(Cl)c1. The largest absolute Gasteiger partial charge is 0.354 e. The Morgan fingerprint density at radius 2 is 1.65 bits per heavy atom. The first-order chi connectivity index (χ1) is 16.5. The molecular weight excluding hydrogens is 512 g/mol. The smallest absolute Gasteiger partial charge is 0.243 e. The van der Waals surface area contributed by atoms with Crippen molar-refractivity contribution in [3.8, 4) is 0 Å². The molecule has 0 radical (unpaired) electrons. The van der Waals surface area contributed by atoms with E-state index in [0.29, 0.717) is 24.5 Å². The number of rotatable bonds is 11. The molecule has 0 unspecified atom stereocenters. The van der Waals surface area contributed by atoms with E-state index in [1.807, 2.05) is 66.7 Å². The molecule has 0 heterocycles. The molecule has 0 aliphatic rings. The summed E-state index contributed by atoms with van der Waals surface area (Å²) in [4.78, 5) is 28.7. The highest BCUT2D eigenvalue weighted by Gasteiger charge is 2.30. The van der Waals surface area contributed by atoms with E-state index in [-0.39, 0.29) is 18.2 Å². The number of amides is 2. The maximum Gasteiger partial charge on any atom is 0.243 e. The standard InChI is InChI=1S/C28H30BrClN2O2/c1-2-3-16-31-28(34)26(18-21-8-5-4-6-9-21)32(20-22-12-14-24(29)15-13-22)27(33)19-23-10-7-11-25(30)17-23/h4-15,17,26H,2-3,16,18-20H2,1H3,(H,31,34)/t26-/m1/s1. The highest BCUT2D eigenvalue weighted by atomic mass is 79.9. The fraction of sp³-hybridized carbons (Fsp3) is 0.286. The number of hydrogen-bond acceptors (Lipinski definition) is 2. The molecule has 0 spiro atoms. The van der Waals surface area contributed by atoms with E-state index < -0.39 is 6.04 Å². The molecule has 0 aliphatic carbocycles. The first-order valence-electron chi connectivity index (χ1n) is 11.6. The third kappa shape index (κ3) is 8.00. The van der Waals surface area contributed by atoms with E-state index in [2.05, 4.69) is 28.2 Å².